The van der Waals surface area contributed by atoms with E-state index in [2.05, 4.69) is 22.2 Å². The molecule has 1 heterocycles. The minimum atomic E-state index is 0.717. The lowest BCUT2D eigenvalue weighted by Gasteiger charge is -2.11. The fourth-order valence-electron chi connectivity index (χ4n) is 1.70. The second-order valence-corrected chi connectivity index (χ2v) is 4.58. The zero-order valence-corrected chi connectivity index (χ0v) is 11.5. The Morgan fingerprint density at radius 3 is 2.39 bits per heavy atom. The number of nitrogens with one attached hydrogen (secondary N) is 1. The van der Waals surface area contributed by atoms with Crippen molar-refractivity contribution in [2.75, 3.05) is 11.9 Å². The lowest BCUT2D eigenvalue weighted by atomic mass is 10.2. The van der Waals surface area contributed by atoms with Gasteiger partial charge in [0.2, 0.25) is 0 Å². The summed E-state index contributed by atoms with van der Waals surface area (Å²) in [5, 5.41) is 3.98. The Balaban J connectivity index is 2.48. The summed E-state index contributed by atoms with van der Waals surface area (Å²) in [7, 11) is 0. The second kappa shape index (κ2) is 5.36. The summed E-state index contributed by atoms with van der Waals surface area (Å²) in [5.74, 6) is 1.63. The zero-order valence-electron chi connectivity index (χ0n) is 10.8. The van der Waals surface area contributed by atoms with E-state index >= 15 is 0 Å². The number of halogens is 1. The minimum absolute atomic E-state index is 0.717. The van der Waals surface area contributed by atoms with Crippen molar-refractivity contribution < 1.29 is 0 Å². The van der Waals surface area contributed by atoms with Crippen LogP contribution in [0.1, 0.15) is 18.2 Å². The molecule has 0 saturated carbocycles. The van der Waals surface area contributed by atoms with E-state index < -0.39 is 0 Å². The smallest absolute Gasteiger partial charge is 0.161 e. The van der Waals surface area contributed by atoms with Gasteiger partial charge in [-0.25, -0.2) is 9.97 Å². The summed E-state index contributed by atoms with van der Waals surface area (Å²) in [6.45, 7) is 6.92. The monoisotopic (exact) mass is 261 g/mol. The fraction of sp³-hybridized carbons (Fsp3) is 0.286. The molecule has 0 saturated heterocycles. The van der Waals surface area contributed by atoms with Crippen molar-refractivity contribution in [2.45, 2.75) is 20.8 Å². The number of nitrogens with zero attached hydrogens (tertiary/aromatic N) is 2. The average Bonchev–Trinajstić information content (AvgIpc) is 2.36. The Bertz CT molecular complexity index is 550. The van der Waals surface area contributed by atoms with Crippen molar-refractivity contribution >= 4 is 17.4 Å². The molecule has 0 aliphatic heterocycles. The first-order valence-electron chi connectivity index (χ1n) is 5.97. The third kappa shape index (κ3) is 2.62. The molecule has 0 bridgehead atoms. The van der Waals surface area contributed by atoms with E-state index in [0.717, 1.165) is 40.0 Å². The summed E-state index contributed by atoms with van der Waals surface area (Å²) < 4.78 is 0. The van der Waals surface area contributed by atoms with Crippen molar-refractivity contribution in [3.63, 3.8) is 0 Å². The molecule has 0 aliphatic rings. The fourth-order valence-corrected chi connectivity index (χ4v) is 1.82. The van der Waals surface area contributed by atoms with E-state index in [-0.39, 0.29) is 0 Å². The molecule has 0 amide bonds. The molecule has 1 N–H and O–H groups in total. The topological polar surface area (TPSA) is 37.8 Å². The molecule has 2 aromatic rings. The van der Waals surface area contributed by atoms with Crippen LogP contribution in [0.4, 0.5) is 5.82 Å². The van der Waals surface area contributed by atoms with Gasteiger partial charge in [0.05, 0.1) is 0 Å². The summed E-state index contributed by atoms with van der Waals surface area (Å²) in [4.78, 5) is 9.08. The molecule has 0 fully saturated rings. The Labute approximate surface area is 112 Å². The summed E-state index contributed by atoms with van der Waals surface area (Å²) in [6, 6.07) is 7.56. The average molecular weight is 262 g/mol. The van der Waals surface area contributed by atoms with Gasteiger partial charge in [-0.2, -0.15) is 0 Å². The van der Waals surface area contributed by atoms with Crippen molar-refractivity contribution in [3.05, 3.63) is 40.5 Å². The van der Waals surface area contributed by atoms with Gasteiger partial charge >= 0.3 is 0 Å². The van der Waals surface area contributed by atoms with Crippen LogP contribution in [0.2, 0.25) is 5.02 Å². The van der Waals surface area contributed by atoms with Gasteiger partial charge in [-0.15, -0.1) is 0 Å². The molecule has 4 heteroatoms. The van der Waals surface area contributed by atoms with Crippen LogP contribution in [0.3, 0.4) is 0 Å². The SMILES string of the molecule is CCNc1nc(-c2ccc(Cl)cc2)nc(C)c1C. The van der Waals surface area contributed by atoms with E-state index in [4.69, 9.17) is 11.6 Å². The van der Waals surface area contributed by atoms with E-state index in [0.29, 0.717) is 0 Å². The van der Waals surface area contributed by atoms with Gasteiger partial charge in [0.25, 0.3) is 0 Å². The summed E-state index contributed by atoms with van der Waals surface area (Å²) in [6.07, 6.45) is 0. The van der Waals surface area contributed by atoms with E-state index in [9.17, 15) is 0 Å². The highest BCUT2D eigenvalue weighted by Crippen LogP contribution is 2.22. The molecule has 2 rings (SSSR count). The molecule has 1 aromatic heterocycles. The van der Waals surface area contributed by atoms with E-state index in [1.165, 1.54) is 0 Å². The molecule has 0 radical (unpaired) electrons. The number of aryl methyl sites for hydroxylation is 1. The molecule has 18 heavy (non-hydrogen) atoms. The van der Waals surface area contributed by atoms with Crippen LogP contribution < -0.4 is 5.32 Å². The number of aromatic nitrogens is 2. The normalized spacial score (nSPS) is 10.4. The summed E-state index contributed by atoms with van der Waals surface area (Å²) in [5.41, 5.74) is 3.06. The Morgan fingerprint density at radius 2 is 1.78 bits per heavy atom. The zero-order chi connectivity index (χ0) is 13.1. The van der Waals surface area contributed by atoms with Gasteiger partial charge in [-0.3, -0.25) is 0 Å². The van der Waals surface area contributed by atoms with Gasteiger partial charge in [0.1, 0.15) is 5.82 Å². The van der Waals surface area contributed by atoms with Gasteiger partial charge in [-0.05, 0) is 45.0 Å². The molecule has 1 aromatic carbocycles. The summed E-state index contributed by atoms with van der Waals surface area (Å²) >= 11 is 5.88. The second-order valence-electron chi connectivity index (χ2n) is 4.14. The molecule has 0 spiro atoms. The van der Waals surface area contributed by atoms with Crippen LogP contribution in [0, 0.1) is 13.8 Å². The van der Waals surface area contributed by atoms with E-state index in [1.54, 1.807) is 0 Å². The molecule has 0 atom stereocenters. The lowest BCUT2D eigenvalue weighted by Crippen LogP contribution is -2.06. The number of anilines is 1. The maximum Gasteiger partial charge on any atom is 0.161 e. The highest BCUT2D eigenvalue weighted by atomic mass is 35.5. The van der Waals surface area contributed by atoms with Crippen molar-refractivity contribution in [1.29, 1.82) is 0 Å². The quantitative estimate of drug-likeness (QED) is 0.912. The predicted molar refractivity (Wildman–Crippen MR) is 76.1 cm³/mol. The highest BCUT2D eigenvalue weighted by Gasteiger charge is 2.08. The third-order valence-electron chi connectivity index (χ3n) is 2.84. The van der Waals surface area contributed by atoms with Crippen molar-refractivity contribution in [1.82, 2.24) is 9.97 Å². The van der Waals surface area contributed by atoms with Crippen LogP contribution in [0.25, 0.3) is 11.4 Å². The molecule has 0 unspecified atom stereocenters. The number of benzene rings is 1. The highest BCUT2D eigenvalue weighted by molar-refractivity contribution is 6.30. The van der Waals surface area contributed by atoms with E-state index in [1.807, 2.05) is 38.1 Å². The van der Waals surface area contributed by atoms with Crippen LogP contribution >= 0.6 is 11.6 Å². The standard InChI is InChI=1S/C14H16ClN3/c1-4-16-13-9(2)10(3)17-14(18-13)11-5-7-12(15)8-6-11/h5-8H,4H2,1-3H3,(H,16,17,18). The van der Waals surface area contributed by atoms with Gasteiger partial charge in [0.15, 0.2) is 5.82 Å². The predicted octanol–water partition coefficient (Wildman–Crippen LogP) is 3.85. The Hall–Kier alpha value is -1.61. The van der Waals surface area contributed by atoms with Gasteiger partial charge in [0, 0.05) is 28.4 Å². The third-order valence-corrected chi connectivity index (χ3v) is 3.09. The van der Waals surface area contributed by atoms with Crippen molar-refractivity contribution in [3.8, 4) is 11.4 Å². The number of rotatable bonds is 3. The van der Waals surface area contributed by atoms with Crippen LogP contribution in [-0.2, 0) is 0 Å². The van der Waals surface area contributed by atoms with Crippen LogP contribution in [-0.4, -0.2) is 16.5 Å². The Morgan fingerprint density at radius 1 is 1.11 bits per heavy atom. The first kappa shape index (κ1) is 12.8. The van der Waals surface area contributed by atoms with Crippen LogP contribution in [0.15, 0.2) is 24.3 Å². The maximum absolute atomic E-state index is 5.88. The van der Waals surface area contributed by atoms with Crippen LogP contribution in [0.5, 0.6) is 0 Å². The molecular weight excluding hydrogens is 246 g/mol. The molecule has 3 nitrogen and oxygen atoms in total. The molecular formula is C14H16ClN3. The minimum Gasteiger partial charge on any atom is -0.370 e. The molecule has 94 valence electrons. The lowest BCUT2D eigenvalue weighted by molar-refractivity contribution is 1.05. The number of hydrogen-bond acceptors (Lipinski definition) is 3. The van der Waals surface area contributed by atoms with Gasteiger partial charge in [-0.1, -0.05) is 11.6 Å². The van der Waals surface area contributed by atoms with Gasteiger partial charge < -0.3 is 5.32 Å². The first-order valence-corrected chi connectivity index (χ1v) is 6.34. The Kier molecular flexibility index (Phi) is 3.82. The van der Waals surface area contributed by atoms with Crippen molar-refractivity contribution in [2.24, 2.45) is 0 Å². The number of hydrogen-bond donors (Lipinski definition) is 1. The maximum atomic E-state index is 5.88. The first-order chi connectivity index (χ1) is 8.61. The molecule has 0 aliphatic carbocycles. The largest absolute Gasteiger partial charge is 0.370 e.